The lowest BCUT2D eigenvalue weighted by Gasteiger charge is -2.13. The van der Waals surface area contributed by atoms with E-state index in [1.165, 1.54) is 0 Å². The third-order valence-electron chi connectivity index (χ3n) is 3.96. The van der Waals surface area contributed by atoms with Gasteiger partial charge in [0.05, 0.1) is 12.7 Å². The van der Waals surface area contributed by atoms with Gasteiger partial charge < -0.3 is 16.0 Å². The first-order chi connectivity index (χ1) is 12.3. The lowest BCUT2D eigenvalue weighted by atomic mass is 10.1. The molecule has 0 radical (unpaired) electrons. The van der Waals surface area contributed by atoms with Crippen LogP contribution in [0.1, 0.15) is 28.7 Å². The average Bonchev–Trinajstić information content (AvgIpc) is 2.98. The third kappa shape index (κ3) is 5.91. The van der Waals surface area contributed by atoms with Gasteiger partial charge >= 0.3 is 6.03 Å². The summed E-state index contributed by atoms with van der Waals surface area (Å²) in [5.74, 6) is -0.248. The number of hydrogen-bond donors (Lipinski definition) is 3. The molecule has 0 aliphatic carbocycles. The molecule has 140 valence electrons. The molecule has 0 aliphatic rings. The minimum atomic E-state index is -0.353. The molecule has 0 atom stereocenters. The van der Waals surface area contributed by atoms with E-state index in [0.29, 0.717) is 6.54 Å². The van der Waals surface area contributed by atoms with Gasteiger partial charge in [0.1, 0.15) is 0 Å². The molecule has 3 N–H and O–H groups in total. The fourth-order valence-corrected chi connectivity index (χ4v) is 2.82. The molecule has 7 nitrogen and oxygen atoms in total. The molecule has 0 saturated heterocycles. The Labute approximate surface area is 154 Å². The molecule has 1 aromatic heterocycles. The molecule has 0 spiro atoms. The van der Waals surface area contributed by atoms with Crippen LogP contribution in [0, 0.1) is 27.7 Å². The number of hydrogen-bond acceptors (Lipinski definition) is 3. The van der Waals surface area contributed by atoms with Crippen LogP contribution in [0.25, 0.3) is 0 Å². The number of benzene rings is 1. The van der Waals surface area contributed by atoms with E-state index in [2.05, 4.69) is 21.0 Å². The van der Waals surface area contributed by atoms with Crippen molar-refractivity contribution in [3.63, 3.8) is 0 Å². The maximum atomic E-state index is 12.1. The summed E-state index contributed by atoms with van der Waals surface area (Å²) in [5, 5.41) is 12.4. The summed E-state index contributed by atoms with van der Waals surface area (Å²) in [6.07, 6.45) is 4.53. The Morgan fingerprint density at radius 2 is 1.73 bits per heavy atom. The van der Waals surface area contributed by atoms with Crippen molar-refractivity contribution in [3.05, 3.63) is 46.8 Å². The number of urea groups is 1. The second-order valence-corrected chi connectivity index (χ2v) is 6.57. The van der Waals surface area contributed by atoms with E-state index in [0.717, 1.165) is 40.9 Å². The maximum Gasteiger partial charge on any atom is 0.315 e. The van der Waals surface area contributed by atoms with Crippen LogP contribution in [-0.2, 0) is 11.3 Å². The monoisotopic (exact) mass is 357 g/mol. The van der Waals surface area contributed by atoms with Gasteiger partial charge in [-0.15, -0.1) is 0 Å². The van der Waals surface area contributed by atoms with E-state index in [1.54, 1.807) is 6.20 Å². The fraction of sp³-hybridized carbons (Fsp3) is 0.421. The van der Waals surface area contributed by atoms with Crippen LogP contribution in [-0.4, -0.2) is 34.8 Å². The van der Waals surface area contributed by atoms with Crippen molar-refractivity contribution in [3.8, 4) is 0 Å². The van der Waals surface area contributed by atoms with E-state index in [9.17, 15) is 9.59 Å². The number of anilines is 1. The van der Waals surface area contributed by atoms with Gasteiger partial charge in [-0.1, -0.05) is 17.7 Å². The summed E-state index contributed by atoms with van der Waals surface area (Å²) < 4.78 is 1.84. The van der Waals surface area contributed by atoms with Crippen molar-refractivity contribution < 1.29 is 9.59 Å². The number of aryl methyl sites for hydroxylation is 5. The Bertz CT molecular complexity index is 759. The van der Waals surface area contributed by atoms with Crippen molar-refractivity contribution in [2.45, 2.75) is 40.7 Å². The normalized spacial score (nSPS) is 10.5. The first-order valence-electron chi connectivity index (χ1n) is 8.73. The Hall–Kier alpha value is -2.83. The average molecular weight is 357 g/mol. The number of nitrogens with one attached hydrogen (secondary N) is 3. The molecule has 0 aliphatic heterocycles. The molecule has 0 saturated carbocycles. The molecule has 0 unspecified atom stereocenters. The summed E-state index contributed by atoms with van der Waals surface area (Å²) in [6.45, 7) is 9.10. The second kappa shape index (κ2) is 9.03. The van der Waals surface area contributed by atoms with Crippen LogP contribution in [0.2, 0.25) is 0 Å². The van der Waals surface area contributed by atoms with Gasteiger partial charge in [0.25, 0.3) is 0 Å². The maximum absolute atomic E-state index is 12.1. The van der Waals surface area contributed by atoms with E-state index in [4.69, 9.17) is 0 Å². The lowest BCUT2D eigenvalue weighted by molar-refractivity contribution is -0.115. The van der Waals surface area contributed by atoms with Gasteiger partial charge in [0.2, 0.25) is 5.91 Å². The zero-order valence-electron chi connectivity index (χ0n) is 15.8. The summed E-state index contributed by atoms with van der Waals surface area (Å²) in [5.41, 5.74) is 5.09. The number of rotatable bonds is 7. The minimum absolute atomic E-state index is 0.0725. The number of carbonyl (C=O) groups is 2. The molecule has 2 aromatic rings. The Morgan fingerprint density at radius 3 is 2.35 bits per heavy atom. The van der Waals surface area contributed by atoms with E-state index < -0.39 is 0 Å². The van der Waals surface area contributed by atoms with Gasteiger partial charge in [0.15, 0.2) is 0 Å². The second-order valence-electron chi connectivity index (χ2n) is 6.57. The van der Waals surface area contributed by atoms with Gasteiger partial charge in [-0.3, -0.25) is 9.48 Å². The molecule has 0 bridgehead atoms. The summed E-state index contributed by atoms with van der Waals surface area (Å²) in [7, 11) is 0. The zero-order valence-corrected chi connectivity index (χ0v) is 15.8. The Morgan fingerprint density at radius 1 is 1.04 bits per heavy atom. The van der Waals surface area contributed by atoms with Crippen LogP contribution < -0.4 is 16.0 Å². The molecule has 1 heterocycles. The predicted molar refractivity (Wildman–Crippen MR) is 102 cm³/mol. The SMILES string of the molecule is Cc1cc(C)c(NC(=O)CNC(=O)NCCCn2cc(C)cn2)c(C)c1. The molecule has 0 fully saturated rings. The molecule has 2 rings (SSSR count). The number of nitrogens with zero attached hydrogens (tertiary/aromatic N) is 2. The number of amides is 3. The summed E-state index contributed by atoms with van der Waals surface area (Å²) in [6, 6.07) is 3.68. The topological polar surface area (TPSA) is 88.0 Å². The highest BCUT2D eigenvalue weighted by molar-refractivity contribution is 5.95. The van der Waals surface area contributed by atoms with Crippen molar-refractivity contribution in [2.24, 2.45) is 0 Å². The van der Waals surface area contributed by atoms with Crippen LogP contribution in [0.4, 0.5) is 10.5 Å². The highest BCUT2D eigenvalue weighted by atomic mass is 16.2. The number of aromatic nitrogens is 2. The number of carbonyl (C=O) groups excluding carboxylic acids is 2. The van der Waals surface area contributed by atoms with E-state index in [-0.39, 0.29) is 18.5 Å². The molecular weight excluding hydrogens is 330 g/mol. The largest absolute Gasteiger partial charge is 0.338 e. The molecular formula is C19H27N5O2. The minimum Gasteiger partial charge on any atom is -0.338 e. The van der Waals surface area contributed by atoms with Crippen LogP contribution in [0.15, 0.2) is 24.5 Å². The predicted octanol–water partition coefficient (Wildman–Crippen LogP) is 2.44. The first-order valence-corrected chi connectivity index (χ1v) is 8.73. The van der Waals surface area contributed by atoms with Gasteiger partial charge in [-0.25, -0.2) is 4.79 Å². The molecule has 7 heteroatoms. The molecule has 26 heavy (non-hydrogen) atoms. The lowest BCUT2D eigenvalue weighted by Crippen LogP contribution is -2.40. The summed E-state index contributed by atoms with van der Waals surface area (Å²) in [4.78, 5) is 23.8. The third-order valence-corrected chi connectivity index (χ3v) is 3.96. The summed E-state index contributed by atoms with van der Waals surface area (Å²) >= 11 is 0. The molecule has 1 aromatic carbocycles. The Kier molecular flexibility index (Phi) is 6.77. The Balaban J connectivity index is 1.68. The van der Waals surface area contributed by atoms with Crippen molar-refractivity contribution in [1.82, 2.24) is 20.4 Å². The standard InChI is InChI=1S/C19H27N5O2/c1-13-8-15(3)18(16(4)9-13)23-17(25)11-21-19(26)20-6-5-7-24-12-14(2)10-22-24/h8-10,12H,5-7,11H2,1-4H3,(H,23,25)(H2,20,21,26). The van der Waals surface area contributed by atoms with Gasteiger partial charge in [-0.2, -0.15) is 5.10 Å². The highest BCUT2D eigenvalue weighted by Crippen LogP contribution is 2.21. The van der Waals surface area contributed by atoms with Crippen LogP contribution in [0.5, 0.6) is 0 Å². The first kappa shape index (κ1) is 19.5. The van der Waals surface area contributed by atoms with Crippen LogP contribution in [0.3, 0.4) is 0 Å². The quantitative estimate of drug-likeness (QED) is 0.665. The van der Waals surface area contributed by atoms with Gasteiger partial charge in [-0.05, 0) is 50.8 Å². The van der Waals surface area contributed by atoms with Crippen molar-refractivity contribution >= 4 is 17.6 Å². The van der Waals surface area contributed by atoms with Crippen molar-refractivity contribution in [2.75, 3.05) is 18.4 Å². The smallest absolute Gasteiger partial charge is 0.315 e. The van der Waals surface area contributed by atoms with E-state index >= 15 is 0 Å². The molecule has 3 amide bonds. The highest BCUT2D eigenvalue weighted by Gasteiger charge is 2.09. The fourth-order valence-electron chi connectivity index (χ4n) is 2.82. The van der Waals surface area contributed by atoms with Crippen molar-refractivity contribution in [1.29, 1.82) is 0 Å². The van der Waals surface area contributed by atoms with Gasteiger partial charge in [0, 0.05) is 25.0 Å². The van der Waals surface area contributed by atoms with E-state index in [1.807, 2.05) is 50.7 Å². The zero-order chi connectivity index (χ0) is 19.1. The van der Waals surface area contributed by atoms with Crippen LogP contribution >= 0.6 is 0 Å².